The third kappa shape index (κ3) is 4.69. The first-order chi connectivity index (χ1) is 18.3. The minimum absolute atomic E-state index is 0.0116. The van der Waals surface area contributed by atoms with Gasteiger partial charge in [-0.1, -0.05) is 6.92 Å². The Morgan fingerprint density at radius 3 is 2.58 bits per heavy atom. The number of hydrogen-bond acceptors (Lipinski definition) is 8. The molecule has 2 atom stereocenters. The van der Waals surface area contributed by atoms with Gasteiger partial charge in [-0.25, -0.2) is 9.78 Å². The highest BCUT2D eigenvalue weighted by atomic mass is 16.6. The lowest BCUT2D eigenvalue weighted by Gasteiger charge is -2.36. The molecule has 5 rings (SSSR count). The Kier molecular flexibility index (Phi) is 7.02. The van der Waals surface area contributed by atoms with Gasteiger partial charge in [0, 0.05) is 44.7 Å². The number of fused-ring (bicyclic) bond motifs is 1. The van der Waals surface area contributed by atoms with E-state index in [4.69, 9.17) is 18.9 Å². The first kappa shape index (κ1) is 25.7. The van der Waals surface area contributed by atoms with Crippen molar-refractivity contribution in [2.75, 3.05) is 18.1 Å². The van der Waals surface area contributed by atoms with Gasteiger partial charge in [0.1, 0.15) is 11.2 Å². The molecule has 0 spiro atoms. The average Bonchev–Trinajstić information content (AvgIpc) is 3.62. The molecule has 5 heterocycles. The number of ether oxygens (including phenoxy) is 2. The van der Waals surface area contributed by atoms with Crippen LogP contribution in [0.2, 0.25) is 0 Å². The minimum Gasteiger partial charge on any atom is -0.449 e. The number of aromatic nitrogens is 5. The number of nitrogens with zero attached hydrogens (tertiary/aromatic N) is 6. The van der Waals surface area contributed by atoms with Crippen molar-refractivity contribution < 1.29 is 23.5 Å². The van der Waals surface area contributed by atoms with E-state index in [1.165, 1.54) is 6.20 Å². The second-order valence-electron chi connectivity index (χ2n) is 9.56. The van der Waals surface area contributed by atoms with Crippen LogP contribution in [-0.4, -0.2) is 61.8 Å². The molecule has 0 aliphatic carbocycles. The summed E-state index contributed by atoms with van der Waals surface area (Å²) in [6.45, 7) is 6.41. The first-order valence-corrected chi connectivity index (χ1v) is 12.8. The molecule has 4 aromatic rings. The Balaban J connectivity index is 1.75. The van der Waals surface area contributed by atoms with Gasteiger partial charge in [-0.2, -0.15) is 10.2 Å². The number of hydrogen-bond donors (Lipinski definition) is 0. The molecule has 1 amide bonds. The van der Waals surface area contributed by atoms with Crippen molar-refractivity contribution in [2.45, 2.75) is 52.2 Å². The van der Waals surface area contributed by atoms with Crippen LogP contribution in [0.3, 0.4) is 0 Å². The van der Waals surface area contributed by atoms with Crippen molar-refractivity contribution in [2.24, 2.45) is 14.1 Å². The van der Waals surface area contributed by atoms with Crippen LogP contribution < -0.4 is 4.90 Å². The van der Waals surface area contributed by atoms with Crippen molar-refractivity contribution >= 4 is 28.7 Å². The largest absolute Gasteiger partial charge is 0.449 e. The second-order valence-corrected chi connectivity index (χ2v) is 9.56. The van der Waals surface area contributed by atoms with Crippen LogP contribution in [0.1, 0.15) is 54.8 Å². The summed E-state index contributed by atoms with van der Waals surface area (Å²) in [5.74, 6) is -0.365. The summed E-state index contributed by atoms with van der Waals surface area (Å²) in [6.07, 6.45) is 8.14. The fourth-order valence-electron chi connectivity index (χ4n) is 4.98. The molecule has 38 heavy (non-hydrogen) atoms. The predicted octanol–water partition coefficient (Wildman–Crippen LogP) is 4.42. The number of carbonyl (C=O) groups is 2. The lowest BCUT2D eigenvalue weighted by Crippen LogP contribution is -2.46. The molecule has 0 unspecified atom stereocenters. The highest BCUT2D eigenvalue weighted by Crippen LogP contribution is 2.40. The molecular weight excluding hydrogens is 488 g/mol. The first-order valence-electron chi connectivity index (χ1n) is 12.8. The highest BCUT2D eigenvalue weighted by molar-refractivity contribution is 6.16. The van der Waals surface area contributed by atoms with E-state index in [2.05, 4.69) is 17.1 Å². The summed E-state index contributed by atoms with van der Waals surface area (Å²) >= 11 is 0. The number of ketones is 1. The van der Waals surface area contributed by atoms with Crippen molar-refractivity contribution in [1.29, 1.82) is 0 Å². The second kappa shape index (κ2) is 10.4. The zero-order valence-electron chi connectivity index (χ0n) is 22.3. The monoisotopic (exact) mass is 520 g/mol. The standard InChI is InChI=1S/C27H32N6O5/c1-6-20-11-19(8-9-37-20)33(27(35)36-7-2)24-23-21(38-26(24)25(34)18-13-29-32(5)15-18)10-16(3)22(30-23)17-12-28-31(4)14-17/h10,12-15,19-20H,6-9,11H2,1-5H3/t19-,20-/m0/s1. The highest BCUT2D eigenvalue weighted by Gasteiger charge is 2.38. The number of rotatable bonds is 7. The molecule has 0 radical (unpaired) electrons. The summed E-state index contributed by atoms with van der Waals surface area (Å²) in [7, 11) is 3.57. The maximum Gasteiger partial charge on any atom is 0.414 e. The number of carbonyl (C=O) groups excluding carboxylic acids is 2. The van der Waals surface area contributed by atoms with Crippen LogP contribution in [0.15, 0.2) is 35.3 Å². The molecule has 0 aromatic carbocycles. The summed E-state index contributed by atoms with van der Waals surface area (Å²) in [5, 5.41) is 8.43. The van der Waals surface area contributed by atoms with E-state index >= 15 is 0 Å². The molecule has 0 saturated carbocycles. The van der Waals surface area contributed by atoms with E-state index in [9.17, 15) is 9.59 Å². The summed E-state index contributed by atoms with van der Waals surface area (Å²) in [4.78, 5) is 33.9. The number of amides is 1. The van der Waals surface area contributed by atoms with Crippen LogP contribution >= 0.6 is 0 Å². The Hall–Kier alpha value is -3.99. The van der Waals surface area contributed by atoms with E-state index in [0.29, 0.717) is 47.5 Å². The van der Waals surface area contributed by atoms with Gasteiger partial charge in [-0.05, 0) is 44.7 Å². The number of anilines is 1. The van der Waals surface area contributed by atoms with E-state index in [0.717, 1.165) is 17.5 Å². The summed E-state index contributed by atoms with van der Waals surface area (Å²) in [5.41, 5.74) is 3.83. The SMILES string of the molecule is CCOC(=O)N(c1c(C(=O)c2cnn(C)c2)oc2cc(C)c(-c3cnn(C)c3)nc12)[C@H]1CCO[C@@H](CC)C1. The van der Waals surface area contributed by atoms with E-state index < -0.39 is 6.09 Å². The molecule has 11 heteroatoms. The van der Waals surface area contributed by atoms with Gasteiger partial charge in [0.05, 0.1) is 36.4 Å². The molecule has 4 aromatic heterocycles. The normalized spacial score (nSPS) is 17.6. The third-order valence-electron chi connectivity index (χ3n) is 6.85. The molecule has 1 aliphatic rings. The fraction of sp³-hybridized carbons (Fsp3) is 0.444. The van der Waals surface area contributed by atoms with E-state index in [-0.39, 0.29) is 30.3 Å². The topological polar surface area (TPSA) is 118 Å². The molecule has 1 fully saturated rings. The molecule has 0 N–H and O–H groups in total. The Bertz CT molecular complexity index is 1480. The van der Waals surface area contributed by atoms with Gasteiger partial charge < -0.3 is 13.9 Å². The van der Waals surface area contributed by atoms with Crippen LogP contribution in [0, 0.1) is 6.92 Å². The number of pyridine rings is 1. The Morgan fingerprint density at radius 1 is 1.16 bits per heavy atom. The average molecular weight is 521 g/mol. The van der Waals surface area contributed by atoms with E-state index in [1.54, 1.807) is 40.6 Å². The summed E-state index contributed by atoms with van der Waals surface area (Å²) < 4.78 is 20.9. The lowest BCUT2D eigenvalue weighted by molar-refractivity contribution is 0.00467. The van der Waals surface area contributed by atoms with Gasteiger partial charge in [0.2, 0.25) is 11.5 Å². The molecule has 200 valence electrons. The zero-order chi connectivity index (χ0) is 27.0. The molecule has 11 nitrogen and oxygen atoms in total. The molecule has 0 bridgehead atoms. The van der Waals surface area contributed by atoms with Gasteiger partial charge in [0.25, 0.3) is 0 Å². The number of furan rings is 1. The molecule has 1 saturated heterocycles. The van der Waals surface area contributed by atoms with Crippen LogP contribution in [0.4, 0.5) is 10.5 Å². The van der Waals surface area contributed by atoms with Crippen molar-refractivity contribution in [3.63, 3.8) is 0 Å². The maximum absolute atomic E-state index is 13.8. The van der Waals surface area contributed by atoms with Crippen molar-refractivity contribution in [3.8, 4) is 11.3 Å². The van der Waals surface area contributed by atoms with Crippen molar-refractivity contribution in [3.05, 3.63) is 47.7 Å². The lowest BCUT2D eigenvalue weighted by atomic mass is 9.99. The van der Waals surface area contributed by atoms with Crippen LogP contribution in [-0.2, 0) is 23.6 Å². The predicted molar refractivity (Wildman–Crippen MR) is 140 cm³/mol. The number of aryl methyl sites for hydroxylation is 3. The van der Waals surface area contributed by atoms with Gasteiger partial charge in [0.15, 0.2) is 5.58 Å². The van der Waals surface area contributed by atoms with Gasteiger partial charge in [-0.3, -0.25) is 19.1 Å². The van der Waals surface area contributed by atoms with Crippen LogP contribution in [0.25, 0.3) is 22.4 Å². The minimum atomic E-state index is -0.553. The molecule has 1 aliphatic heterocycles. The Labute approximate surface area is 220 Å². The fourth-order valence-corrected chi connectivity index (χ4v) is 4.98. The molecular formula is C27H32N6O5. The van der Waals surface area contributed by atoms with Gasteiger partial charge in [-0.15, -0.1) is 0 Å². The Morgan fingerprint density at radius 2 is 1.92 bits per heavy atom. The third-order valence-corrected chi connectivity index (χ3v) is 6.85. The smallest absolute Gasteiger partial charge is 0.414 e. The van der Waals surface area contributed by atoms with Crippen LogP contribution in [0.5, 0.6) is 0 Å². The van der Waals surface area contributed by atoms with Gasteiger partial charge >= 0.3 is 6.09 Å². The van der Waals surface area contributed by atoms with E-state index in [1.807, 2.05) is 26.2 Å². The summed E-state index contributed by atoms with van der Waals surface area (Å²) in [6, 6.07) is 1.58. The quantitative estimate of drug-likeness (QED) is 0.329. The van der Waals surface area contributed by atoms with Crippen molar-refractivity contribution in [1.82, 2.24) is 24.5 Å². The zero-order valence-corrected chi connectivity index (χ0v) is 22.3. The maximum atomic E-state index is 13.8.